The molecule has 1 aromatic carbocycles. The van der Waals surface area contributed by atoms with Crippen LogP contribution in [0.5, 0.6) is 0 Å². The van der Waals surface area contributed by atoms with Gasteiger partial charge >= 0.3 is 0 Å². The van der Waals surface area contributed by atoms with Gasteiger partial charge in [0.15, 0.2) is 0 Å². The molecule has 2 unspecified atom stereocenters. The zero-order valence-electron chi connectivity index (χ0n) is 12.2. The predicted octanol–water partition coefficient (Wildman–Crippen LogP) is 2.07. The fourth-order valence-corrected chi connectivity index (χ4v) is 2.68. The van der Waals surface area contributed by atoms with E-state index in [1.165, 1.54) is 0 Å². The van der Waals surface area contributed by atoms with Gasteiger partial charge in [-0.05, 0) is 37.3 Å². The van der Waals surface area contributed by atoms with Gasteiger partial charge in [-0.25, -0.2) is 0 Å². The molecule has 0 saturated carbocycles. The lowest BCUT2D eigenvalue weighted by Gasteiger charge is -2.29. The van der Waals surface area contributed by atoms with E-state index >= 15 is 0 Å². The molecule has 110 valence electrons. The lowest BCUT2D eigenvalue weighted by molar-refractivity contribution is -0.117. The van der Waals surface area contributed by atoms with Crippen LogP contribution < -0.4 is 11.1 Å². The normalized spacial score (nSPS) is 24.7. The molecule has 2 rings (SSSR count). The van der Waals surface area contributed by atoms with E-state index in [0.29, 0.717) is 12.5 Å². The topological polar surface area (TPSA) is 58.4 Å². The van der Waals surface area contributed by atoms with Crippen LogP contribution in [0.4, 0.5) is 5.69 Å². The van der Waals surface area contributed by atoms with Crippen molar-refractivity contribution in [3.63, 3.8) is 0 Å². The number of nitrogens with one attached hydrogen (secondary N) is 1. The van der Waals surface area contributed by atoms with E-state index < -0.39 is 0 Å². The number of hydrogen-bond donors (Lipinski definition) is 2. The number of carbonyl (C=O) groups excluding carboxylic acids is 1. The van der Waals surface area contributed by atoms with Gasteiger partial charge in [0.2, 0.25) is 5.91 Å². The van der Waals surface area contributed by atoms with Crippen molar-refractivity contribution in [2.75, 3.05) is 25.0 Å². The first-order valence-corrected chi connectivity index (χ1v) is 7.46. The number of benzene rings is 1. The smallest absolute Gasteiger partial charge is 0.238 e. The summed E-state index contributed by atoms with van der Waals surface area (Å²) in [6.45, 7) is 4.58. The molecule has 0 aromatic heterocycles. The first-order chi connectivity index (χ1) is 9.63. The second-order valence-corrected chi connectivity index (χ2v) is 5.88. The average Bonchev–Trinajstić information content (AvgIpc) is 2.42. The summed E-state index contributed by atoms with van der Waals surface area (Å²) < 4.78 is 0. The lowest BCUT2D eigenvalue weighted by atomic mass is 9.97. The average molecular weight is 275 g/mol. The molecule has 20 heavy (non-hydrogen) atoms. The Bertz CT molecular complexity index is 421. The second kappa shape index (κ2) is 7.41. The number of nitrogens with zero attached hydrogens (tertiary/aromatic N) is 1. The fourth-order valence-electron chi connectivity index (χ4n) is 2.68. The third kappa shape index (κ3) is 4.94. The van der Waals surface area contributed by atoms with Gasteiger partial charge in [0.05, 0.1) is 6.54 Å². The van der Waals surface area contributed by atoms with Gasteiger partial charge in [-0.3, -0.25) is 9.69 Å². The molecule has 1 saturated heterocycles. The first-order valence-electron chi connectivity index (χ1n) is 7.46. The Hall–Kier alpha value is -1.39. The van der Waals surface area contributed by atoms with Crippen molar-refractivity contribution in [2.45, 2.75) is 32.2 Å². The van der Waals surface area contributed by atoms with Crippen LogP contribution in [0, 0.1) is 5.92 Å². The Morgan fingerprint density at radius 2 is 2.05 bits per heavy atom. The Labute approximate surface area is 121 Å². The third-order valence-corrected chi connectivity index (χ3v) is 3.84. The van der Waals surface area contributed by atoms with Crippen molar-refractivity contribution in [3.8, 4) is 0 Å². The molecule has 1 aliphatic heterocycles. The number of anilines is 1. The third-order valence-electron chi connectivity index (χ3n) is 3.84. The number of likely N-dealkylation sites (tertiary alicyclic amines) is 1. The van der Waals surface area contributed by atoms with Gasteiger partial charge in [0.1, 0.15) is 0 Å². The van der Waals surface area contributed by atoms with Crippen molar-refractivity contribution in [1.29, 1.82) is 0 Å². The van der Waals surface area contributed by atoms with E-state index in [1.807, 2.05) is 30.3 Å². The highest BCUT2D eigenvalue weighted by Crippen LogP contribution is 2.15. The molecule has 3 N–H and O–H groups in total. The van der Waals surface area contributed by atoms with E-state index in [9.17, 15) is 4.79 Å². The minimum absolute atomic E-state index is 0.0533. The second-order valence-electron chi connectivity index (χ2n) is 5.88. The predicted molar refractivity (Wildman–Crippen MR) is 82.5 cm³/mol. The van der Waals surface area contributed by atoms with E-state index in [0.717, 1.165) is 38.0 Å². The number of rotatable bonds is 3. The van der Waals surface area contributed by atoms with Crippen molar-refractivity contribution < 1.29 is 4.79 Å². The summed E-state index contributed by atoms with van der Waals surface area (Å²) in [4.78, 5) is 14.3. The van der Waals surface area contributed by atoms with Crippen molar-refractivity contribution in [1.82, 2.24) is 4.90 Å². The summed E-state index contributed by atoms with van der Waals surface area (Å²) >= 11 is 0. The van der Waals surface area contributed by atoms with Gasteiger partial charge in [0, 0.05) is 24.8 Å². The number of carbonyl (C=O) groups is 1. The van der Waals surface area contributed by atoms with Gasteiger partial charge in [-0.2, -0.15) is 0 Å². The van der Waals surface area contributed by atoms with Crippen LogP contribution in [-0.2, 0) is 4.79 Å². The van der Waals surface area contributed by atoms with Crippen LogP contribution in [0.3, 0.4) is 0 Å². The SMILES string of the molecule is CC1CCC(N)CCN(CC(=O)Nc2ccccc2)C1. The van der Waals surface area contributed by atoms with Gasteiger partial charge < -0.3 is 11.1 Å². The Balaban J connectivity index is 1.85. The minimum atomic E-state index is 0.0533. The summed E-state index contributed by atoms with van der Waals surface area (Å²) in [6, 6.07) is 9.88. The molecule has 4 nitrogen and oxygen atoms in total. The summed E-state index contributed by atoms with van der Waals surface area (Å²) in [5.41, 5.74) is 6.91. The molecule has 1 aromatic rings. The highest BCUT2D eigenvalue weighted by molar-refractivity contribution is 5.92. The van der Waals surface area contributed by atoms with Crippen LogP contribution in [0.2, 0.25) is 0 Å². The molecular formula is C16H25N3O. The van der Waals surface area contributed by atoms with Crippen LogP contribution in [0.15, 0.2) is 30.3 Å². The minimum Gasteiger partial charge on any atom is -0.328 e. The standard InChI is InChI=1S/C16H25N3O/c1-13-7-8-14(17)9-10-19(11-13)12-16(20)18-15-5-3-2-4-6-15/h2-6,13-14H,7-12,17H2,1H3,(H,18,20). The number of nitrogens with two attached hydrogens (primary N) is 1. The summed E-state index contributed by atoms with van der Waals surface area (Å²) in [5, 5.41) is 2.94. The van der Waals surface area contributed by atoms with Crippen molar-refractivity contribution in [3.05, 3.63) is 30.3 Å². The van der Waals surface area contributed by atoms with Crippen LogP contribution in [0.25, 0.3) is 0 Å². The number of para-hydroxylation sites is 1. The molecule has 1 aliphatic rings. The van der Waals surface area contributed by atoms with E-state index in [1.54, 1.807) is 0 Å². The van der Waals surface area contributed by atoms with Crippen molar-refractivity contribution in [2.24, 2.45) is 11.7 Å². The van der Waals surface area contributed by atoms with Gasteiger partial charge in [0.25, 0.3) is 0 Å². The molecule has 4 heteroatoms. The van der Waals surface area contributed by atoms with Crippen LogP contribution >= 0.6 is 0 Å². The zero-order valence-corrected chi connectivity index (χ0v) is 12.2. The maximum atomic E-state index is 12.1. The summed E-state index contributed by atoms with van der Waals surface area (Å²) in [7, 11) is 0. The van der Waals surface area contributed by atoms with E-state index in [-0.39, 0.29) is 11.9 Å². The molecular weight excluding hydrogens is 250 g/mol. The largest absolute Gasteiger partial charge is 0.328 e. The number of amides is 1. The monoisotopic (exact) mass is 275 g/mol. The fraction of sp³-hybridized carbons (Fsp3) is 0.562. The Morgan fingerprint density at radius 1 is 1.30 bits per heavy atom. The maximum Gasteiger partial charge on any atom is 0.238 e. The maximum absolute atomic E-state index is 12.1. The summed E-state index contributed by atoms with van der Waals surface area (Å²) in [6.07, 6.45) is 3.23. The molecule has 0 aliphatic carbocycles. The first kappa shape index (κ1) is 15.0. The molecule has 1 amide bonds. The number of hydrogen-bond acceptors (Lipinski definition) is 3. The Morgan fingerprint density at radius 3 is 2.80 bits per heavy atom. The highest BCUT2D eigenvalue weighted by atomic mass is 16.2. The zero-order chi connectivity index (χ0) is 14.4. The van der Waals surface area contributed by atoms with Crippen LogP contribution in [0.1, 0.15) is 26.2 Å². The highest BCUT2D eigenvalue weighted by Gasteiger charge is 2.19. The summed E-state index contributed by atoms with van der Waals surface area (Å²) in [5.74, 6) is 0.656. The quantitative estimate of drug-likeness (QED) is 0.888. The molecule has 1 fully saturated rings. The molecule has 2 atom stereocenters. The Kier molecular flexibility index (Phi) is 5.56. The molecule has 0 radical (unpaired) electrons. The lowest BCUT2D eigenvalue weighted by Crippen LogP contribution is -2.40. The van der Waals surface area contributed by atoms with E-state index in [4.69, 9.17) is 5.73 Å². The molecule has 0 spiro atoms. The van der Waals surface area contributed by atoms with E-state index in [2.05, 4.69) is 17.1 Å². The molecule has 1 heterocycles. The molecule has 0 bridgehead atoms. The van der Waals surface area contributed by atoms with Crippen molar-refractivity contribution >= 4 is 11.6 Å². The van der Waals surface area contributed by atoms with Gasteiger partial charge in [-0.1, -0.05) is 25.1 Å². The van der Waals surface area contributed by atoms with Crippen LogP contribution in [-0.4, -0.2) is 36.5 Å². The van der Waals surface area contributed by atoms with Gasteiger partial charge in [-0.15, -0.1) is 0 Å².